The molecule has 1 fully saturated rings. The van der Waals surface area contributed by atoms with Crippen LogP contribution in [0.1, 0.15) is 20.3 Å². The van der Waals surface area contributed by atoms with Crippen LogP contribution >= 0.6 is 0 Å². The molecule has 4 rings (SSSR count). The van der Waals surface area contributed by atoms with Crippen molar-refractivity contribution in [1.82, 2.24) is 19.7 Å². The average molecular weight is 428 g/mol. The van der Waals surface area contributed by atoms with Crippen LogP contribution in [0.5, 0.6) is 0 Å². The summed E-state index contributed by atoms with van der Waals surface area (Å²) in [4.78, 5) is 19.9. The van der Waals surface area contributed by atoms with Gasteiger partial charge in [0, 0.05) is 45.9 Å². The van der Waals surface area contributed by atoms with E-state index in [-0.39, 0.29) is 19.1 Å². The Morgan fingerprint density at radius 3 is 2.61 bits per heavy atom. The lowest BCUT2D eigenvalue weighted by Gasteiger charge is -2.25. The second-order valence-corrected chi connectivity index (χ2v) is 7.84. The van der Waals surface area contributed by atoms with Gasteiger partial charge in [0.1, 0.15) is 18.0 Å². The number of aryl methyl sites for hydroxylation is 1. The fourth-order valence-electron chi connectivity index (χ4n) is 3.81. The zero-order chi connectivity index (χ0) is 22.1. The third-order valence-corrected chi connectivity index (χ3v) is 5.49. The van der Waals surface area contributed by atoms with Crippen molar-refractivity contribution in [2.24, 2.45) is 0 Å². The molecule has 1 aromatic heterocycles. The lowest BCUT2D eigenvalue weighted by molar-refractivity contribution is -0.129. The molecule has 1 aliphatic heterocycles. The number of aromatic nitrogens is 3. The number of nitrogens with one attached hydrogen (secondary N) is 1. The second-order valence-electron chi connectivity index (χ2n) is 7.84. The first-order chi connectivity index (χ1) is 14.8. The maximum absolute atomic E-state index is 13.5. The monoisotopic (exact) mass is 428 g/mol. The van der Waals surface area contributed by atoms with Crippen molar-refractivity contribution in [3.8, 4) is 5.69 Å². The Bertz CT molecular complexity index is 1100. The molecule has 1 amide bonds. The van der Waals surface area contributed by atoms with Gasteiger partial charge in [-0.2, -0.15) is 4.98 Å². The number of anilines is 3. The predicted molar refractivity (Wildman–Crippen MR) is 117 cm³/mol. The molecule has 1 atom stereocenters. The molecule has 2 aromatic carbocycles. The van der Waals surface area contributed by atoms with Gasteiger partial charge in [0.25, 0.3) is 0 Å². The summed E-state index contributed by atoms with van der Waals surface area (Å²) in [7, 11) is 1.84. The van der Waals surface area contributed by atoms with Gasteiger partial charge in [0.05, 0.1) is 11.7 Å². The molecule has 7 nitrogen and oxygen atoms in total. The summed E-state index contributed by atoms with van der Waals surface area (Å²) in [5.74, 6) is -0.972. The minimum Gasteiger partial charge on any atom is -0.369 e. The minimum absolute atomic E-state index is 0. The van der Waals surface area contributed by atoms with Crippen molar-refractivity contribution in [3.05, 3.63) is 59.9 Å². The molecule has 1 unspecified atom stereocenters. The van der Waals surface area contributed by atoms with Crippen LogP contribution in [0.15, 0.2) is 42.7 Å². The van der Waals surface area contributed by atoms with Crippen LogP contribution in [0.25, 0.3) is 5.69 Å². The highest BCUT2D eigenvalue weighted by molar-refractivity contribution is 5.73. The van der Waals surface area contributed by atoms with Gasteiger partial charge in [-0.25, -0.2) is 13.5 Å². The van der Waals surface area contributed by atoms with E-state index < -0.39 is 11.6 Å². The number of benzene rings is 2. The number of carbonyl (C=O) groups excluding carboxylic acids is 1. The molecule has 0 saturated carbocycles. The Morgan fingerprint density at radius 1 is 1.16 bits per heavy atom. The van der Waals surface area contributed by atoms with Crippen molar-refractivity contribution < 1.29 is 15.0 Å². The van der Waals surface area contributed by atoms with E-state index in [2.05, 4.69) is 26.4 Å². The number of hydrogen-bond acceptors (Lipinski definition) is 5. The quantitative estimate of drug-likeness (QED) is 0.668. The van der Waals surface area contributed by atoms with Crippen LogP contribution in [0.2, 0.25) is 0 Å². The Hall–Kier alpha value is -3.49. The number of amides is 1. The normalized spacial score (nSPS) is 15.9. The van der Waals surface area contributed by atoms with Crippen LogP contribution < -0.4 is 10.2 Å². The van der Waals surface area contributed by atoms with E-state index in [0.717, 1.165) is 42.5 Å². The minimum atomic E-state index is -0.678. The summed E-state index contributed by atoms with van der Waals surface area (Å²) >= 11 is 0. The third-order valence-electron chi connectivity index (χ3n) is 5.49. The van der Waals surface area contributed by atoms with Gasteiger partial charge in [-0.15, -0.1) is 5.10 Å². The summed E-state index contributed by atoms with van der Waals surface area (Å²) in [6.07, 6.45) is 2.32. The summed E-state index contributed by atoms with van der Waals surface area (Å²) in [5.41, 5.74) is 3.17. The van der Waals surface area contributed by atoms with Crippen molar-refractivity contribution in [2.45, 2.75) is 26.3 Å². The Morgan fingerprint density at radius 2 is 1.90 bits per heavy atom. The molecular formula is C22H26F2N6O. The van der Waals surface area contributed by atoms with Crippen LogP contribution in [0, 0.1) is 18.6 Å². The first-order valence-corrected chi connectivity index (χ1v) is 10.0. The first kappa shape index (κ1) is 20.8. The lowest BCUT2D eigenvalue weighted by atomic mass is 10.2. The number of carbonyl (C=O) groups is 1. The maximum Gasteiger partial charge on any atom is 0.246 e. The largest absolute Gasteiger partial charge is 0.369 e. The Balaban J connectivity index is 0.00000289. The SMILES string of the molecule is CC(=O)N(C)C1CCN(c2cc(C)cc(Nc3ncn(-c4cc(F)cc(F)c4)n3)c2)C1.[HH]. The van der Waals surface area contributed by atoms with Crippen molar-refractivity contribution >= 4 is 23.2 Å². The van der Waals surface area contributed by atoms with Gasteiger partial charge in [-0.3, -0.25) is 4.79 Å². The molecule has 9 heteroatoms. The average Bonchev–Trinajstić information content (AvgIpc) is 3.36. The number of nitrogens with zero attached hydrogens (tertiary/aromatic N) is 5. The molecule has 0 bridgehead atoms. The summed E-state index contributed by atoms with van der Waals surface area (Å²) < 4.78 is 28.3. The topological polar surface area (TPSA) is 66.3 Å². The van der Waals surface area contributed by atoms with Gasteiger partial charge in [-0.1, -0.05) is 0 Å². The van der Waals surface area contributed by atoms with Crippen molar-refractivity contribution in [3.63, 3.8) is 0 Å². The van der Waals surface area contributed by atoms with Crippen molar-refractivity contribution in [1.29, 1.82) is 0 Å². The molecule has 0 aliphatic carbocycles. The molecule has 2 heterocycles. The third kappa shape index (κ3) is 4.65. The van der Waals surface area contributed by atoms with Gasteiger partial charge in [-0.05, 0) is 49.2 Å². The molecule has 31 heavy (non-hydrogen) atoms. The van der Waals surface area contributed by atoms with Crippen molar-refractivity contribution in [2.75, 3.05) is 30.4 Å². The van der Waals surface area contributed by atoms with E-state index in [1.165, 1.54) is 23.1 Å². The van der Waals surface area contributed by atoms with Gasteiger partial charge >= 0.3 is 0 Å². The summed E-state index contributed by atoms with van der Waals surface area (Å²) in [6, 6.07) is 9.46. The van der Waals surface area contributed by atoms with Gasteiger partial charge < -0.3 is 15.1 Å². The summed E-state index contributed by atoms with van der Waals surface area (Å²) in [5, 5.41) is 7.43. The second kappa shape index (κ2) is 8.33. The summed E-state index contributed by atoms with van der Waals surface area (Å²) in [6.45, 7) is 5.23. The van der Waals surface area contributed by atoms with E-state index in [4.69, 9.17) is 0 Å². The zero-order valence-electron chi connectivity index (χ0n) is 17.6. The van der Waals surface area contributed by atoms with Crippen LogP contribution in [0.3, 0.4) is 0 Å². The van der Waals surface area contributed by atoms with E-state index in [1.54, 1.807) is 11.8 Å². The molecule has 0 spiro atoms. The Kier molecular flexibility index (Phi) is 5.58. The number of hydrogen-bond donors (Lipinski definition) is 1. The maximum atomic E-state index is 13.5. The standard InChI is InChI=1S/C22H24F2N6O.H2/c1-14-6-18(11-20(7-14)29-5-4-19(12-29)28(3)15(2)31)26-22-25-13-30(27-22)21-9-16(23)8-17(24)10-21;/h6-11,13,19H,4-5,12H2,1-3H3,(H,26,27);1H. The lowest BCUT2D eigenvalue weighted by Crippen LogP contribution is -2.37. The van der Waals surface area contributed by atoms with Gasteiger partial charge in [0.15, 0.2) is 0 Å². The predicted octanol–water partition coefficient (Wildman–Crippen LogP) is 3.90. The Labute approximate surface area is 180 Å². The fourth-order valence-corrected chi connectivity index (χ4v) is 3.81. The molecule has 1 aliphatic rings. The van der Waals surface area contributed by atoms with E-state index >= 15 is 0 Å². The highest BCUT2D eigenvalue weighted by atomic mass is 19.1. The molecule has 164 valence electrons. The number of halogens is 2. The van der Waals surface area contributed by atoms with E-state index in [0.29, 0.717) is 5.95 Å². The molecule has 3 aromatic rings. The number of likely N-dealkylation sites (N-methyl/N-ethyl adjacent to an activating group) is 1. The van der Waals surface area contributed by atoms with E-state index in [9.17, 15) is 13.6 Å². The highest BCUT2D eigenvalue weighted by Crippen LogP contribution is 2.28. The molecule has 0 radical (unpaired) electrons. The number of rotatable bonds is 5. The van der Waals surface area contributed by atoms with E-state index in [1.807, 2.05) is 26.1 Å². The zero-order valence-corrected chi connectivity index (χ0v) is 17.6. The molecule has 1 N–H and O–H groups in total. The van der Waals surface area contributed by atoms with Crippen LogP contribution in [-0.4, -0.2) is 51.8 Å². The van der Waals surface area contributed by atoms with Crippen LogP contribution in [-0.2, 0) is 4.79 Å². The van der Waals surface area contributed by atoms with Gasteiger partial charge in [0.2, 0.25) is 11.9 Å². The fraction of sp³-hybridized carbons (Fsp3) is 0.318. The smallest absolute Gasteiger partial charge is 0.246 e. The first-order valence-electron chi connectivity index (χ1n) is 10.0. The molecular weight excluding hydrogens is 402 g/mol. The highest BCUT2D eigenvalue weighted by Gasteiger charge is 2.27. The molecule has 1 saturated heterocycles. The van der Waals surface area contributed by atoms with Crippen LogP contribution in [0.4, 0.5) is 26.1 Å².